The minimum absolute atomic E-state index is 0.0339. The second-order valence-electron chi connectivity index (χ2n) is 6.52. The zero-order valence-electron chi connectivity index (χ0n) is 14.1. The first-order chi connectivity index (χ1) is 12.2. The third-order valence-corrected chi connectivity index (χ3v) is 4.57. The lowest BCUT2D eigenvalue weighted by Crippen LogP contribution is -2.27. The molecule has 0 unspecified atom stereocenters. The molecule has 128 valence electrons. The standard InChI is InChI=1S/C20H20N2O3/c1-13-4-6-14(7-5-13)20-22-15(12-25-20)8-9-21-19(23)17-11-16(17)18-3-2-10-24-18/h2-7,10,12,16-17H,8-9,11H2,1H3,(H,21,23)/t16-,17-/m0/s1. The number of furan rings is 1. The molecule has 0 bridgehead atoms. The van der Waals surface area contributed by atoms with Crippen molar-refractivity contribution in [2.24, 2.45) is 5.92 Å². The number of amides is 1. The number of carbonyl (C=O) groups is 1. The lowest BCUT2D eigenvalue weighted by molar-refractivity contribution is -0.122. The van der Waals surface area contributed by atoms with Gasteiger partial charge in [-0.2, -0.15) is 0 Å². The summed E-state index contributed by atoms with van der Waals surface area (Å²) in [5, 5.41) is 2.98. The van der Waals surface area contributed by atoms with Gasteiger partial charge in [-0.05, 0) is 37.6 Å². The van der Waals surface area contributed by atoms with Crippen LogP contribution < -0.4 is 5.32 Å². The second-order valence-corrected chi connectivity index (χ2v) is 6.52. The number of hydrogen-bond acceptors (Lipinski definition) is 4. The Balaban J connectivity index is 1.27. The summed E-state index contributed by atoms with van der Waals surface area (Å²) in [6, 6.07) is 11.8. The van der Waals surface area contributed by atoms with E-state index in [1.807, 2.05) is 43.3 Å². The van der Waals surface area contributed by atoms with E-state index in [4.69, 9.17) is 8.83 Å². The molecule has 25 heavy (non-hydrogen) atoms. The molecule has 1 N–H and O–H groups in total. The van der Waals surface area contributed by atoms with Gasteiger partial charge in [-0.25, -0.2) is 4.98 Å². The van der Waals surface area contributed by atoms with Gasteiger partial charge < -0.3 is 14.2 Å². The van der Waals surface area contributed by atoms with E-state index in [0.717, 1.165) is 23.4 Å². The Labute approximate surface area is 146 Å². The van der Waals surface area contributed by atoms with E-state index in [2.05, 4.69) is 10.3 Å². The van der Waals surface area contributed by atoms with Gasteiger partial charge in [0.05, 0.1) is 12.0 Å². The maximum Gasteiger partial charge on any atom is 0.226 e. The van der Waals surface area contributed by atoms with Gasteiger partial charge >= 0.3 is 0 Å². The SMILES string of the molecule is Cc1ccc(-c2nc(CCNC(=O)[C@H]3C[C@@H]3c3ccco3)co2)cc1. The zero-order valence-corrected chi connectivity index (χ0v) is 14.1. The van der Waals surface area contributed by atoms with E-state index >= 15 is 0 Å². The maximum absolute atomic E-state index is 12.2. The van der Waals surface area contributed by atoms with Crippen molar-refractivity contribution >= 4 is 5.91 Å². The molecule has 1 saturated carbocycles. The summed E-state index contributed by atoms with van der Waals surface area (Å²) >= 11 is 0. The molecule has 0 spiro atoms. The average Bonchev–Trinajstić information content (AvgIpc) is 3.02. The summed E-state index contributed by atoms with van der Waals surface area (Å²) in [6.07, 6.45) is 4.82. The summed E-state index contributed by atoms with van der Waals surface area (Å²) in [7, 11) is 0. The van der Waals surface area contributed by atoms with Crippen molar-refractivity contribution in [2.75, 3.05) is 6.54 Å². The van der Waals surface area contributed by atoms with Gasteiger partial charge in [0.25, 0.3) is 0 Å². The number of hydrogen-bond donors (Lipinski definition) is 1. The Kier molecular flexibility index (Phi) is 4.14. The van der Waals surface area contributed by atoms with Crippen molar-refractivity contribution in [1.82, 2.24) is 10.3 Å². The molecule has 1 fully saturated rings. The molecule has 2 aromatic heterocycles. The minimum atomic E-state index is 0.0339. The second kappa shape index (κ2) is 6.59. The molecule has 5 nitrogen and oxygen atoms in total. The van der Waals surface area contributed by atoms with Gasteiger partial charge in [0.2, 0.25) is 11.8 Å². The molecule has 1 aliphatic rings. The highest BCUT2D eigenvalue weighted by Crippen LogP contribution is 2.47. The van der Waals surface area contributed by atoms with Crippen LogP contribution in [-0.2, 0) is 11.2 Å². The monoisotopic (exact) mass is 336 g/mol. The van der Waals surface area contributed by atoms with Crippen molar-refractivity contribution in [3.8, 4) is 11.5 Å². The fraction of sp³-hybridized carbons (Fsp3) is 0.300. The van der Waals surface area contributed by atoms with Gasteiger partial charge in [0.15, 0.2) is 0 Å². The van der Waals surface area contributed by atoms with Crippen LogP contribution >= 0.6 is 0 Å². The number of rotatable bonds is 6. The molecule has 2 heterocycles. The fourth-order valence-electron chi connectivity index (χ4n) is 3.00. The molecule has 5 heteroatoms. The van der Waals surface area contributed by atoms with Crippen molar-refractivity contribution in [2.45, 2.75) is 25.7 Å². The predicted octanol–water partition coefficient (Wildman–Crippen LogP) is 3.71. The van der Waals surface area contributed by atoms with Crippen LogP contribution in [0.1, 0.15) is 29.4 Å². The van der Waals surface area contributed by atoms with Gasteiger partial charge in [0, 0.05) is 30.4 Å². The fourth-order valence-corrected chi connectivity index (χ4v) is 3.00. The highest BCUT2D eigenvalue weighted by Gasteiger charge is 2.45. The number of oxazole rings is 1. The highest BCUT2D eigenvalue weighted by atomic mass is 16.3. The van der Waals surface area contributed by atoms with E-state index in [-0.39, 0.29) is 17.7 Å². The Bertz CT molecular complexity index is 849. The van der Waals surface area contributed by atoms with E-state index < -0.39 is 0 Å². The molecule has 0 aliphatic heterocycles. The van der Waals surface area contributed by atoms with E-state index in [9.17, 15) is 4.79 Å². The summed E-state index contributed by atoms with van der Waals surface area (Å²) in [6.45, 7) is 2.60. The molecule has 2 atom stereocenters. The summed E-state index contributed by atoms with van der Waals surface area (Å²) in [4.78, 5) is 16.7. The molecular weight excluding hydrogens is 316 g/mol. The van der Waals surface area contributed by atoms with Crippen LogP contribution in [0.5, 0.6) is 0 Å². The lowest BCUT2D eigenvalue weighted by Gasteiger charge is -2.02. The molecule has 4 rings (SSSR count). The number of nitrogens with one attached hydrogen (secondary N) is 1. The van der Waals surface area contributed by atoms with Crippen LogP contribution in [0.3, 0.4) is 0 Å². The number of nitrogens with zero attached hydrogens (tertiary/aromatic N) is 1. The maximum atomic E-state index is 12.2. The minimum Gasteiger partial charge on any atom is -0.469 e. The van der Waals surface area contributed by atoms with Crippen molar-refractivity contribution in [3.63, 3.8) is 0 Å². The van der Waals surface area contributed by atoms with Crippen LogP contribution in [0.15, 0.2) is 57.8 Å². The van der Waals surface area contributed by atoms with Crippen LogP contribution in [-0.4, -0.2) is 17.4 Å². The topological polar surface area (TPSA) is 68.3 Å². The third-order valence-electron chi connectivity index (χ3n) is 4.57. The first-order valence-corrected chi connectivity index (χ1v) is 8.53. The van der Waals surface area contributed by atoms with Gasteiger partial charge in [-0.3, -0.25) is 4.79 Å². The van der Waals surface area contributed by atoms with Gasteiger partial charge in [-0.1, -0.05) is 17.7 Å². The van der Waals surface area contributed by atoms with Crippen molar-refractivity contribution in [3.05, 3.63) is 65.9 Å². The van der Waals surface area contributed by atoms with E-state index in [1.54, 1.807) is 12.5 Å². The van der Waals surface area contributed by atoms with Crippen molar-refractivity contribution in [1.29, 1.82) is 0 Å². The molecule has 3 aromatic rings. The first-order valence-electron chi connectivity index (χ1n) is 8.53. The number of aryl methyl sites for hydroxylation is 1. The predicted molar refractivity (Wildman–Crippen MR) is 92.9 cm³/mol. The van der Waals surface area contributed by atoms with E-state index in [0.29, 0.717) is 18.9 Å². The number of benzene rings is 1. The molecule has 1 amide bonds. The van der Waals surface area contributed by atoms with Gasteiger partial charge in [0.1, 0.15) is 12.0 Å². The zero-order chi connectivity index (χ0) is 17.2. The molecule has 0 radical (unpaired) electrons. The normalized spacial score (nSPS) is 18.9. The molecule has 0 saturated heterocycles. The number of carbonyl (C=O) groups excluding carboxylic acids is 1. The highest BCUT2D eigenvalue weighted by molar-refractivity contribution is 5.82. The van der Waals surface area contributed by atoms with Crippen LogP contribution in [0.2, 0.25) is 0 Å². The Morgan fingerprint density at radius 1 is 1.24 bits per heavy atom. The Morgan fingerprint density at radius 3 is 2.84 bits per heavy atom. The number of aromatic nitrogens is 1. The largest absolute Gasteiger partial charge is 0.469 e. The smallest absolute Gasteiger partial charge is 0.226 e. The Morgan fingerprint density at radius 2 is 2.08 bits per heavy atom. The lowest BCUT2D eigenvalue weighted by atomic mass is 10.1. The molecule has 1 aromatic carbocycles. The van der Waals surface area contributed by atoms with Crippen LogP contribution in [0, 0.1) is 12.8 Å². The van der Waals surface area contributed by atoms with Gasteiger partial charge in [-0.15, -0.1) is 0 Å². The van der Waals surface area contributed by atoms with Crippen LogP contribution in [0.25, 0.3) is 11.5 Å². The Hall–Kier alpha value is -2.82. The third kappa shape index (κ3) is 3.50. The van der Waals surface area contributed by atoms with E-state index in [1.165, 1.54) is 5.56 Å². The molecular formula is C20H20N2O3. The van der Waals surface area contributed by atoms with Crippen LogP contribution in [0.4, 0.5) is 0 Å². The molecule has 1 aliphatic carbocycles. The average molecular weight is 336 g/mol. The van der Waals surface area contributed by atoms with Crippen molar-refractivity contribution < 1.29 is 13.6 Å². The quantitative estimate of drug-likeness (QED) is 0.745. The summed E-state index contributed by atoms with van der Waals surface area (Å²) < 4.78 is 10.9. The first kappa shape index (κ1) is 15.7. The summed E-state index contributed by atoms with van der Waals surface area (Å²) in [5.41, 5.74) is 3.00. The summed E-state index contributed by atoms with van der Waals surface area (Å²) in [5.74, 6) is 1.87.